The van der Waals surface area contributed by atoms with Gasteiger partial charge in [-0.15, -0.1) is 0 Å². The van der Waals surface area contributed by atoms with Gasteiger partial charge in [0.15, 0.2) is 6.61 Å². The predicted octanol–water partition coefficient (Wildman–Crippen LogP) is 1.71. The molecule has 0 saturated carbocycles. The second kappa shape index (κ2) is 6.19. The van der Waals surface area contributed by atoms with Gasteiger partial charge < -0.3 is 15.2 Å². The lowest BCUT2D eigenvalue weighted by molar-refractivity contribution is -0.131. The Balaban J connectivity index is 2.02. The molecule has 2 N–H and O–H groups in total. The second-order valence-electron chi connectivity index (χ2n) is 4.08. The van der Waals surface area contributed by atoms with Crippen LogP contribution in [0.1, 0.15) is 10.4 Å². The van der Waals surface area contributed by atoms with E-state index in [0.29, 0.717) is 0 Å². The molecule has 2 amide bonds. The number of nitrogens with two attached hydrogens (primary N) is 1. The molecule has 0 radical (unpaired) electrons. The maximum Gasteiger partial charge on any atom is 0.416 e. The van der Waals surface area contributed by atoms with Crippen LogP contribution in [0.3, 0.4) is 0 Å². The topological polar surface area (TPSA) is 98.9 Å². The summed E-state index contributed by atoms with van der Waals surface area (Å²) in [7, 11) is 0. The molecule has 21 heavy (non-hydrogen) atoms. The largest absolute Gasteiger partial charge is 0.452 e. The smallest absolute Gasteiger partial charge is 0.416 e. The molecule has 112 valence electrons. The summed E-state index contributed by atoms with van der Waals surface area (Å²) < 4.78 is 9.41. The van der Waals surface area contributed by atoms with Gasteiger partial charge in [0.05, 0.1) is 22.8 Å². The van der Waals surface area contributed by atoms with Crippen molar-refractivity contribution in [3.63, 3.8) is 0 Å². The monoisotopic (exact) mass is 332 g/mol. The van der Waals surface area contributed by atoms with E-state index in [4.69, 9.17) is 33.7 Å². The van der Waals surface area contributed by atoms with Gasteiger partial charge in [0, 0.05) is 5.02 Å². The fourth-order valence-corrected chi connectivity index (χ4v) is 2.15. The van der Waals surface area contributed by atoms with Crippen LogP contribution in [-0.2, 0) is 14.3 Å². The summed E-state index contributed by atoms with van der Waals surface area (Å²) in [6.45, 7) is -0.368. The number of imide groups is 1. The third-order valence-electron chi connectivity index (χ3n) is 2.70. The lowest BCUT2D eigenvalue weighted by atomic mass is 10.2. The Morgan fingerprint density at radius 3 is 2.71 bits per heavy atom. The SMILES string of the molecule is Nc1c(Cl)cc(Cl)cc1C(=O)OCC(=O)N1CCOC1=O. The third-order valence-corrected chi connectivity index (χ3v) is 3.23. The van der Waals surface area contributed by atoms with Gasteiger partial charge >= 0.3 is 12.1 Å². The Morgan fingerprint density at radius 2 is 2.10 bits per heavy atom. The highest BCUT2D eigenvalue weighted by molar-refractivity contribution is 6.37. The number of carbonyl (C=O) groups is 3. The van der Waals surface area contributed by atoms with Crippen LogP contribution in [-0.4, -0.2) is 42.6 Å². The zero-order chi connectivity index (χ0) is 15.6. The zero-order valence-electron chi connectivity index (χ0n) is 10.6. The molecule has 7 nitrogen and oxygen atoms in total. The van der Waals surface area contributed by atoms with Crippen LogP contribution in [0.4, 0.5) is 10.5 Å². The first-order valence-electron chi connectivity index (χ1n) is 5.79. The zero-order valence-corrected chi connectivity index (χ0v) is 12.1. The van der Waals surface area contributed by atoms with Crippen LogP contribution >= 0.6 is 23.2 Å². The molecule has 2 rings (SSSR count). The van der Waals surface area contributed by atoms with Crippen LogP contribution in [0.15, 0.2) is 12.1 Å². The van der Waals surface area contributed by atoms with Gasteiger partial charge in [-0.1, -0.05) is 23.2 Å². The van der Waals surface area contributed by atoms with Crippen molar-refractivity contribution in [2.45, 2.75) is 0 Å². The minimum Gasteiger partial charge on any atom is -0.452 e. The third kappa shape index (κ3) is 3.37. The van der Waals surface area contributed by atoms with Gasteiger partial charge in [-0.05, 0) is 12.1 Å². The number of anilines is 1. The van der Waals surface area contributed by atoms with Crippen molar-refractivity contribution >= 4 is 46.9 Å². The fourth-order valence-electron chi connectivity index (χ4n) is 1.66. The average molecular weight is 333 g/mol. The summed E-state index contributed by atoms with van der Waals surface area (Å²) in [5, 5.41) is 0.305. The maximum atomic E-state index is 11.9. The molecule has 1 heterocycles. The normalized spacial score (nSPS) is 14.0. The van der Waals surface area contributed by atoms with E-state index in [2.05, 4.69) is 4.74 Å². The quantitative estimate of drug-likeness (QED) is 0.668. The van der Waals surface area contributed by atoms with Gasteiger partial charge in [-0.2, -0.15) is 0 Å². The van der Waals surface area contributed by atoms with Crippen LogP contribution in [0, 0.1) is 0 Å². The van der Waals surface area contributed by atoms with Gasteiger partial charge in [0.2, 0.25) is 0 Å². The van der Waals surface area contributed by atoms with Crippen molar-refractivity contribution in [2.24, 2.45) is 0 Å². The molecule has 1 fully saturated rings. The minimum atomic E-state index is -0.863. The predicted molar refractivity (Wildman–Crippen MR) is 74.2 cm³/mol. The highest BCUT2D eigenvalue weighted by Crippen LogP contribution is 2.28. The molecule has 1 aromatic carbocycles. The van der Waals surface area contributed by atoms with Crippen molar-refractivity contribution in [1.82, 2.24) is 4.90 Å². The summed E-state index contributed by atoms with van der Waals surface area (Å²) in [5.41, 5.74) is 5.59. The Morgan fingerprint density at radius 1 is 1.38 bits per heavy atom. The Bertz CT molecular complexity index is 620. The van der Waals surface area contributed by atoms with Gasteiger partial charge in [-0.25, -0.2) is 14.5 Å². The number of rotatable bonds is 3. The number of benzene rings is 1. The number of nitrogen functional groups attached to an aromatic ring is 1. The first-order chi connectivity index (χ1) is 9.90. The van der Waals surface area contributed by atoms with Crippen molar-refractivity contribution in [1.29, 1.82) is 0 Å². The first kappa shape index (κ1) is 15.4. The standard InChI is InChI=1S/C12H10Cl2N2O5/c13-6-3-7(10(15)8(14)4-6)11(18)21-5-9(17)16-1-2-20-12(16)19/h3-4H,1-2,5,15H2. The molecule has 9 heteroatoms. The van der Waals surface area contributed by atoms with E-state index >= 15 is 0 Å². The van der Waals surface area contributed by atoms with Crippen LogP contribution in [0.2, 0.25) is 10.0 Å². The van der Waals surface area contributed by atoms with Crippen LogP contribution in [0.25, 0.3) is 0 Å². The molecular weight excluding hydrogens is 323 g/mol. The van der Waals surface area contributed by atoms with Crippen molar-refractivity contribution < 1.29 is 23.9 Å². The Kier molecular flexibility index (Phi) is 4.54. The molecular formula is C12H10Cl2N2O5. The number of ether oxygens (including phenoxy) is 2. The summed E-state index contributed by atoms with van der Waals surface area (Å²) in [6, 6.07) is 2.65. The molecule has 0 atom stereocenters. The highest BCUT2D eigenvalue weighted by Gasteiger charge is 2.29. The molecule has 0 aliphatic carbocycles. The Hall–Kier alpha value is -1.99. The number of carbonyl (C=O) groups excluding carboxylic acids is 3. The molecule has 0 bridgehead atoms. The number of nitrogens with zero attached hydrogens (tertiary/aromatic N) is 1. The number of halogens is 2. The molecule has 1 saturated heterocycles. The van der Waals surface area contributed by atoms with Gasteiger partial charge in [0.25, 0.3) is 5.91 Å². The van der Waals surface area contributed by atoms with E-state index in [-0.39, 0.29) is 34.4 Å². The average Bonchev–Trinajstić information content (AvgIpc) is 2.86. The van der Waals surface area contributed by atoms with Crippen molar-refractivity contribution in [2.75, 3.05) is 25.5 Å². The van der Waals surface area contributed by atoms with E-state index in [9.17, 15) is 14.4 Å². The molecule has 1 aliphatic rings. The number of esters is 1. The van der Waals surface area contributed by atoms with Crippen LogP contribution < -0.4 is 5.73 Å². The van der Waals surface area contributed by atoms with E-state index < -0.39 is 24.6 Å². The Labute approximate surface area is 129 Å². The van der Waals surface area contributed by atoms with Crippen molar-refractivity contribution in [3.8, 4) is 0 Å². The second-order valence-corrected chi connectivity index (χ2v) is 4.93. The first-order valence-corrected chi connectivity index (χ1v) is 6.54. The summed E-state index contributed by atoms with van der Waals surface area (Å²) in [6.07, 6.45) is -0.763. The molecule has 0 spiro atoms. The fraction of sp³-hybridized carbons (Fsp3) is 0.250. The molecule has 1 aromatic rings. The summed E-state index contributed by atoms with van der Waals surface area (Å²) in [4.78, 5) is 35.5. The molecule has 0 unspecified atom stereocenters. The number of hydrogen-bond donors (Lipinski definition) is 1. The van der Waals surface area contributed by atoms with Gasteiger partial charge in [-0.3, -0.25) is 4.79 Å². The van der Waals surface area contributed by atoms with E-state index in [1.807, 2.05) is 0 Å². The molecule has 0 aromatic heterocycles. The van der Waals surface area contributed by atoms with E-state index in [0.717, 1.165) is 4.90 Å². The number of cyclic esters (lactones) is 1. The minimum absolute atomic E-state index is 0.000835. The lowest BCUT2D eigenvalue weighted by Crippen LogP contribution is -2.35. The van der Waals surface area contributed by atoms with Crippen molar-refractivity contribution in [3.05, 3.63) is 27.7 Å². The summed E-state index contributed by atoms with van der Waals surface area (Å²) >= 11 is 11.6. The number of amides is 2. The van der Waals surface area contributed by atoms with Crippen LogP contribution in [0.5, 0.6) is 0 Å². The maximum absolute atomic E-state index is 11.9. The van der Waals surface area contributed by atoms with Gasteiger partial charge in [0.1, 0.15) is 6.61 Å². The van der Waals surface area contributed by atoms with E-state index in [1.165, 1.54) is 12.1 Å². The lowest BCUT2D eigenvalue weighted by Gasteiger charge is -2.12. The molecule has 1 aliphatic heterocycles. The summed E-state index contributed by atoms with van der Waals surface area (Å²) in [5.74, 6) is -1.55. The van der Waals surface area contributed by atoms with E-state index in [1.54, 1.807) is 0 Å². The number of hydrogen-bond acceptors (Lipinski definition) is 6. The highest BCUT2D eigenvalue weighted by atomic mass is 35.5.